The van der Waals surface area contributed by atoms with Crippen LogP contribution in [0, 0.1) is 0 Å². The van der Waals surface area contributed by atoms with Gasteiger partial charge in [-0.1, -0.05) is 45.4 Å². The molecule has 0 heterocycles. The zero-order valence-corrected chi connectivity index (χ0v) is 27.9. The first-order valence-electron chi connectivity index (χ1n) is 12.2. The molecule has 0 rings (SSSR count). The van der Waals surface area contributed by atoms with Crippen LogP contribution in [0.25, 0.3) is 0 Å². The van der Waals surface area contributed by atoms with Crippen LogP contribution in [0.2, 0.25) is 77.1 Å². The van der Waals surface area contributed by atoms with Crippen LogP contribution in [0.3, 0.4) is 0 Å². The average molecular weight is 519 g/mol. The number of hydrogen-bond acceptors (Lipinski definition) is 4. The Morgan fingerprint density at radius 3 is 1.62 bits per heavy atom. The summed E-state index contributed by atoms with van der Waals surface area (Å²) < 4.78 is 19.0. The second-order valence-electron chi connectivity index (χ2n) is 13.4. The van der Waals surface area contributed by atoms with Crippen LogP contribution in [0.4, 0.5) is 0 Å². The molecule has 0 amide bonds. The molecule has 0 N–H and O–H groups in total. The van der Waals surface area contributed by atoms with E-state index < -0.39 is 32.8 Å². The molecule has 0 bridgehead atoms. The average Bonchev–Trinajstić information content (AvgIpc) is 2.53. The van der Waals surface area contributed by atoms with Crippen LogP contribution in [0.15, 0.2) is 12.2 Å². The minimum atomic E-state index is -1.88. The summed E-state index contributed by atoms with van der Waals surface area (Å²) in [6.07, 6.45) is 0.843. The molecule has 0 radical (unpaired) electrons. The first-order valence-corrected chi connectivity index (χ1v) is 25.1. The summed E-state index contributed by atoms with van der Waals surface area (Å²) in [6, 6.07) is 3.39. The maximum absolute atomic E-state index is 11.6. The molecule has 0 saturated heterocycles. The SMILES string of the molecule is C=C(C)C(=O)OCCC[Si](C)(C)OC(C)(C)[Si](C)(C)CC[Si](C)(C)OC(C)(C)[Si](C)(C)C. The molecule has 0 unspecified atom stereocenters. The van der Waals surface area contributed by atoms with Crippen molar-refractivity contribution in [3.63, 3.8) is 0 Å². The van der Waals surface area contributed by atoms with E-state index >= 15 is 0 Å². The summed E-state index contributed by atoms with van der Waals surface area (Å²) in [5.74, 6) is -0.300. The predicted octanol–water partition coefficient (Wildman–Crippen LogP) is 7.62. The van der Waals surface area contributed by atoms with Gasteiger partial charge in [0.1, 0.15) is 0 Å². The standard InChI is InChI=1S/C24H54O4Si4/c1-21(2)22(25)26-17-16-18-31(12,13)28-24(5,6)30(10,11)19-20-32(14,15)27-23(3,4)29(7,8)9/h1,16-20H2,2-15H3. The molecule has 0 atom stereocenters. The molecule has 0 aliphatic carbocycles. The Labute approximate surface area is 204 Å². The van der Waals surface area contributed by atoms with Gasteiger partial charge in [0.25, 0.3) is 0 Å². The van der Waals surface area contributed by atoms with Crippen LogP contribution >= 0.6 is 0 Å². The maximum Gasteiger partial charge on any atom is 0.333 e. The largest absolute Gasteiger partial charge is 0.462 e. The van der Waals surface area contributed by atoms with Crippen molar-refractivity contribution in [2.24, 2.45) is 0 Å². The quantitative estimate of drug-likeness (QED) is 0.103. The summed E-state index contributed by atoms with van der Waals surface area (Å²) in [5.41, 5.74) is 0.454. The van der Waals surface area contributed by atoms with Crippen LogP contribution in [0.5, 0.6) is 0 Å². The highest BCUT2D eigenvalue weighted by atomic mass is 28.4. The van der Waals surface area contributed by atoms with Crippen LogP contribution < -0.4 is 0 Å². The normalized spacial score (nSPS) is 14.4. The van der Waals surface area contributed by atoms with E-state index in [9.17, 15) is 4.79 Å². The van der Waals surface area contributed by atoms with Gasteiger partial charge in [-0.05, 0) is 79.3 Å². The van der Waals surface area contributed by atoms with Crippen LogP contribution in [0.1, 0.15) is 41.0 Å². The fourth-order valence-electron chi connectivity index (χ4n) is 3.48. The molecule has 0 aliphatic rings. The highest BCUT2D eigenvalue weighted by Gasteiger charge is 2.46. The topological polar surface area (TPSA) is 44.8 Å². The number of esters is 1. The Kier molecular flexibility index (Phi) is 11.2. The smallest absolute Gasteiger partial charge is 0.333 e. The second kappa shape index (κ2) is 11.2. The van der Waals surface area contributed by atoms with E-state index in [1.54, 1.807) is 6.92 Å². The van der Waals surface area contributed by atoms with E-state index in [4.69, 9.17) is 13.6 Å². The summed E-state index contributed by atoms with van der Waals surface area (Å²) in [5, 5.41) is -0.0984. The fourth-order valence-corrected chi connectivity index (χ4v) is 16.9. The summed E-state index contributed by atoms with van der Waals surface area (Å²) in [6.45, 7) is 36.5. The van der Waals surface area contributed by atoms with Crippen molar-refractivity contribution in [2.75, 3.05) is 6.61 Å². The highest BCUT2D eigenvalue weighted by Crippen LogP contribution is 2.37. The third-order valence-electron chi connectivity index (χ3n) is 7.36. The lowest BCUT2D eigenvalue weighted by Gasteiger charge is -2.47. The third kappa shape index (κ3) is 10.5. The van der Waals surface area contributed by atoms with E-state index in [0.29, 0.717) is 12.2 Å². The van der Waals surface area contributed by atoms with Gasteiger partial charge in [0, 0.05) is 16.0 Å². The van der Waals surface area contributed by atoms with Gasteiger partial charge in [-0.3, -0.25) is 0 Å². The molecule has 0 aromatic carbocycles. The van der Waals surface area contributed by atoms with Gasteiger partial charge in [0.05, 0.1) is 22.8 Å². The molecule has 32 heavy (non-hydrogen) atoms. The van der Waals surface area contributed by atoms with Gasteiger partial charge in [-0.2, -0.15) is 0 Å². The number of carbonyl (C=O) groups excluding carboxylic acids is 1. The van der Waals surface area contributed by atoms with Crippen LogP contribution in [-0.2, 0) is 18.4 Å². The Morgan fingerprint density at radius 2 is 1.19 bits per heavy atom. The number of rotatable bonds is 14. The first kappa shape index (κ1) is 32.0. The third-order valence-corrected chi connectivity index (χ3v) is 22.0. The van der Waals surface area contributed by atoms with Crippen molar-refractivity contribution < 1.29 is 18.4 Å². The van der Waals surface area contributed by atoms with Gasteiger partial charge in [-0.25, -0.2) is 4.79 Å². The van der Waals surface area contributed by atoms with E-state index in [0.717, 1.165) is 12.5 Å². The molecule has 0 aromatic heterocycles. The van der Waals surface area contributed by atoms with Crippen molar-refractivity contribution in [1.82, 2.24) is 0 Å². The maximum atomic E-state index is 11.6. The number of ether oxygens (including phenoxy) is 1. The molecule has 190 valence electrons. The van der Waals surface area contributed by atoms with E-state index in [1.165, 1.54) is 12.1 Å². The molecular weight excluding hydrogens is 465 g/mol. The molecule has 0 aromatic rings. The lowest BCUT2D eigenvalue weighted by atomic mass is 10.4. The predicted molar refractivity (Wildman–Crippen MR) is 151 cm³/mol. The molecular formula is C24H54O4Si4. The number of carbonyl (C=O) groups is 1. The monoisotopic (exact) mass is 518 g/mol. The molecule has 4 nitrogen and oxygen atoms in total. The van der Waals surface area contributed by atoms with Gasteiger partial charge < -0.3 is 13.6 Å². The van der Waals surface area contributed by atoms with Crippen LogP contribution in [-0.4, -0.2) is 55.8 Å². The van der Waals surface area contributed by atoms with E-state index in [-0.39, 0.29) is 16.4 Å². The van der Waals surface area contributed by atoms with Gasteiger partial charge in [0.2, 0.25) is 0 Å². The van der Waals surface area contributed by atoms with E-state index in [2.05, 4.69) is 93.2 Å². The molecule has 0 aliphatic heterocycles. The molecule has 0 saturated carbocycles. The first-order chi connectivity index (χ1) is 13.9. The Balaban J connectivity index is 4.98. The van der Waals surface area contributed by atoms with Crippen molar-refractivity contribution in [2.45, 2.75) is 129 Å². The minimum Gasteiger partial charge on any atom is -0.462 e. The van der Waals surface area contributed by atoms with Crippen molar-refractivity contribution in [3.05, 3.63) is 12.2 Å². The van der Waals surface area contributed by atoms with Gasteiger partial charge in [0.15, 0.2) is 16.6 Å². The number of hydrogen-bond donors (Lipinski definition) is 0. The molecule has 0 spiro atoms. The Bertz CT molecular complexity index is 647. The lowest BCUT2D eigenvalue weighted by molar-refractivity contribution is -0.138. The van der Waals surface area contributed by atoms with Crippen molar-refractivity contribution in [3.8, 4) is 0 Å². The zero-order valence-electron chi connectivity index (χ0n) is 23.9. The summed E-state index contributed by atoms with van der Waals surface area (Å²) in [7, 11) is -6.72. The zero-order chi connectivity index (χ0) is 25.8. The molecule has 0 fully saturated rings. The van der Waals surface area contributed by atoms with E-state index in [1.807, 2.05) is 0 Å². The van der Waals surface area contributed by atoms with Crippen molar-refractivity contribution >= 4 is 38.8 Å². The Hall–Kier alpha value is -0.00247. The minimum absolute atomic E-state index is 0.00291. The Morgan fingerprint density at radius 1 is 0.750 bits per heavy atom. The summed E-state index contributed by atoms with van der Waals surface area (Å²) >= 11 is 0. The van der Waals surface area contributed by atoms with Gasteiger partial charge >= 0.3 is 5.97 Å². The fraction of sp³-hybridized carbons (Fsp3) is 0.875. The van der Waals surface area contributed by atoms with Crippen molar-refractivity contribution in [1.29, 1.82) is 0 Å². The van der Waals surface area contributed by atoms with Gasteiger partial charge in [-0.15, -0.1) is 0 Å². The highest BCUT2D eigenvalue weighted by molar-refractivity contribution is 6.84. The lowest BCUT2D eigenvalue weighted by Crippen LogP contribution is -2.58. The second-order valence-corrected chi connectivity index (χ2v) is 33.0. The molecule has 8 heteroatoms. The summed E-state index contributed by atoms with van der Waals surface area (Å²) in [4.78, 5) is 11.6.